The van der Waals surface area contributed by atoms with Crippen molar-refractivity contribution in [1.82, 2.24) is 9.88 Å². The van der Waals surface area contributed by atoms with Gasteiger partial charge in [0, 0.05) is 24.3 Å². The molecule has 5 nitrogen and oxygen atoms in total. The van der Waals surface area contributed by atoms with Crippen LogP contribution in [-0.2, 0) is 0 Å². The molecule has 1 aromatic heterocycles. The van der Waals surface area contributed by atoms with E-state index in [1.54, 1.807) is 38.2 Å². The molecule has 0 bridgehead atoms. The van der Waals surface area contributed by atoms with Crippen molar-refractivity contribution in [3.8, 4) is 5.75 Å². The minimum atomic E-state index is -0.364. The smallest absolute Gasteiger partial charge is 0.260 e. The predicted octanol–water partition coefficient (Wildman–Crippen LogP) is 2.88. The van der Waals surface area contributed by atoms with Gasteiger partial charge in [-0.3, -0.25) is 9.59 Å². The number of nitrogens with one attached hydrogen (secondary N) is 1. The summed E-state index contributed by atoms with van der Waals surface area (Å²) in [6, 6.07) is 10.4. The Morgan fingerprint density at radius 2 is 2.09 bits per heavy atom. The molecule has 0 unspecified atom stereocenters. The third-order valence-electron chi connectivity index (χ3n) is 3.34. The Labute approximate surface area is 139 Å². The Morgan fingerprint density at radius 1 is 1.30 bits per heavy atom. The second-order valence-corrected chi connectivity index (χ2v) is 5.71. The molecule has 2 aromatic rings. The molecule has 23 heavy (non-hydrogen) atoms. The third kappa shape index (κ3) is 4.86. The number of benzene rings is 1. The summed E-state index contributed by atoms with van der Waals surface area (Å²) in [5, 5.41) is 0.619. The molecule has 2 rings (SSSR count). The number of halogens is 1. The predicted molar refractivity (Wildman–Crippen MR) is 90.3 cm³/mol. The Bertz CT molecular complexity index is 743. The number of aromatic amines is 1. The number of ether oxygens (including phenoxy) is 1. The fraction of sp³-hybridized carbons (Fsp3) is 0.294. The van der Waals surface area contributed by atoms with Crippen LogP contribution in [0.5, 0.6) is 5.75 Å². The summed E-state index contributed by atoms with van der Waals surface area (Å²) in [5.41, 5.74) is 0.509. The Morgan fingerprint density at radius 3 is 2.78 bits per heavy atom. The lowest BCUT2D eigenvalue weighted by molar-refractivity contribution is 0.0786. The van der Waals surface area contributed by atoms with Crippen LogP contribution in [0.25, 0.3) is 0 Å². The number of H-pyrrole nitrogens is 1. The number of nitrogens with zero attached hydrogens (tertiary/aromatic N) is 1. The number of aryl methyl sites for hydroxylation is 1. The molecule has 122 valence electrons. The molecule has 1 amide bonds. The summed E-state index contributed by atoms with van der Waals surface area (Å²) in [6.07, 6.45) is 0.651. The van der Waals surface area contributed by atoms with Crippen LogP contribution in [-0.4, -0.2) is 36.0 Å². The number of hydrogen-bond acceptors (Lipinski definition) is 3. The first-order valence-electron chi connectivity index (χ1n) is 7.31. The van der Waals surface area contributed by atoms with Gasteiger partial charge < -0.3 is 14.6 Å². The van der Waals surface area contributed by atoms with Crippen molar-refractivity contribution in [1.29, 1.82) is 0 Å². The molecule has 0 atom stereocenters. The Balaban J connectivity index is 1.83. The van der Waals surface area contributed by atoms with Crippen LogP contribution < -0.4 is 10.3 Å². The molecule has 0 aliphatic heterocycles. The van der Waals surface area contributed by atoms with Gasteiger partial charge in [0.05, 0.1) is 6.61 Å². The topological polar surface area (TPSA) is 62.4 Å². The minimum Gasteiger partial charge on any atom is -0.493 e. The van der Waals surface area contributed by atoms with Gasteiger partial charge in [-0.1, -0.05) is 17.7 Å². The van der Waals surface area contributed by atoms with Crippen molar-refractivity contribution in [3.05, 3.63) is 63.0 Å². The largest absolute Gasteiger partial charge is 0.493 e. The number of carbonyl (C=O) groups excluding carboxylic acids is 1. The van der Waals surface area contributed by atoms with Crippen LogP contribution in [0, 0.1) is 6.92 Å². The van der Waals surface area contributed by atoms with Crippen molar-refractivity contribution in [2.45, 2.75) is 13.3 Å². The van der Waals surface area contributed by atoms with E-state index in [1.165, 1.54) is 4.90 Å². The van der Waals surface area contributed by atoms with Crippen LogP contribution >= 0.6 is 11.6 Å². The van der Waals surface area contributed by atoms with Crippen LogP contribution in [0.3, 0.4) is 0 Å². The number of rotatable bonds is 6. The summed E-state index contributed by atoms with van der Waals surface area (Å²) >= 11 is 5.88. The third-order valence-corrected chi connectivity index (χ3v) is 3.57. The second kappa shape index (κ2) is 7.83. The highest BCUT2D eigenvalue weighted by atomic mass is 35.5. The average molecular weight is 335 g/mol. The zero-order valence-electron chi connectivity index (χ0n) is 13.1. The van der Waals surface area contributed by atoms with Crippen molar-refractivity contribution in [2.75, 3.05) is 20.2 Å². The highest BCUT2D eigenvalue weighted by molar-refractivity contribution is 6.30. The van der Waals surface area contributed by atoms with Crippen molar-refractivity contribution in [3.63, 3.8) is 0 Å². The summed E-state index contributed by atoms with van der Waals surface area (Å²) < 4.78 is 5.57. The lowest BCUT2D eigenvalue weighted by atomic mass is 10.2. The maximum atomic E-state index is 12.2. The van der Waals surface area contributed by atoms with Gasteiger partial charge in [0.1, 0.15) is 11.3 Å². The van der Waals surface area contributed by atoms with Crippen LogP contribution in [0.1, 0.15) is 22.5 Å². The molecule has 6 heteroatoms. The fourth-order valence-electron chi connectivity index (χ4n) is 2.10. The molecule has 0 spiro atoms. The van der Waals surface area contributed by atoms with Gasteiger partial charge in [0.25, 0.3) is 11.5 Å². The summed E-state index contributed by atoms with van der Waals surface area (Å²) in [5.74, 6) is 0.399. The molecule has 0 aliphatic rings. The van der Waals surface area contributed by atoms with Crippen LogP contribution in [0.15, 0.2) is 41.2 Å². The second-order valence-electron chi connectivity index (χ2n) is 5.27. The lowest BCUT2D eigenvalue weighted by Gasteiger charge is -2.17. The number of hydrogen-bond donors (Lipinski definition) is 1. The number of amides is 1. The van der Waals surface area contributed by atoms with Crippen LogP contribution in [0.4, 0.5) is 0 Å². The first-order valence-corrected chi connectivity index (χ1v) is 7.69. The van der Waals surface area contributed by atoms with Gasteiger partial charge in [-0.2, -0.15) is 0 Å². The van der Waals surface area contributed by atoms with Gasteiger partial charge in [0.15, 0.2) is 0 Å². The number of aromatic nitrogens is 1. The maximum Gasteiger partial charge on any atom is 0.260 e. The molecule has 0 saturated heterocycles. The van der Waals surface area contributed by atoms with E-state index in [1.807, 2.05) is 12.1 Å². The van der Waals surface area contributed by atoms with Gasteiger partial charge in [-0.15, -0.1) is 0 Å². The minimum absolute atomic E-state index is 0.147. The standard InChI is InChI=1S/C17H19ClN2O3/c1-12-7-8-15(16(21)19-12)17(22)20(2)9-4-10-23-14-6-3-5-13(18)11-14/h3,5-8,11H,4,9-10H2,1-2H3,(H,19,21). The van der Waals surface area contributed by atoms with Crippen molar-refractivity contribution in [2.24, 2.45) is 0 Å². The van der Waals surface area contributed by atoms with E-state index in [2.05, 4.69) is 4.98 Å². The number of pyridine rings is 1. The van der Waals surface area contributed by atoms with E-state index in [-0.39, 0.29) is 17.0 Å². The lowest BCUT2D eigenvalue weighted by Crippen LogP contribution is -2.33. The fourth-order valence-corrected chi connectivity index (χ4v) is 2.28. The Hall–Kier alpha value is -2.27. The summed E-state index contributed by atoms with van der Waals surface area (Å²) in [6.45, 7) is 2.72. The average Bonchev–Trinajstić information content (AvgIpc) is 2.51. The van der Waals surface area contributed by atoms with E-state index in [9.17, 15) is 9.59 Å². The summed E-state index contributed by atoms with van der Waals surface area (Å²) in [4.78, 5) is 28.2. The monoisotopic (exact) mass is 334 g/mol. The van der Waals surface area contributed by atoms with E-state index in [4.69, 9.17) is 16.3 Å². The van der Waals surface area contributed by atoms with Crippen LogP contribution in [0.2, 0.25) is 5.02 Å². The molecule has 0 fully saturated rings. The Kier molecular flexibility index (Phi) is 5.82. The van der Waals surface area contributed by atoms with E-state index in [0.29, 0.717) is 30.3 Å². The SMILES string of the molecule is Cc1ccc(C(=O)N(C)CCCOc2cccc(Cl)c2)c(=O)[nH]1. The zero-order valence-corrected chi connectivity index (χ0v) is 13.9. The van der Waals surface area contributed by atoms with E-state index in [0.717, 1.165) is 5.69 Å². The molecular weight excluding hydrogens is 316 g/mol. The first kappa shape index (κ1) is 17.1. The first-order chi connectivity index (χ1) is 11.0. The maximum absolute atomic E-state index is 12.2. The van der Waals surface area contributed by atoms with Crippen molar-refractivity contribution < 1.29 is 9.53 Å². The number of carbonyl (C=O) groups is 1. The summed E-state index contributed by atoms with van der Waals surface area (Å²) in [7, 11) is 1.67. The van der Waals surface area contributed by atoms with E-state index < -0.39 is 0 Å². The molecule has 0 aliphatic carbocycles. The van der Waals surface area contributed by atoms with Gasteiger partial charge in [-0.05, 0) is 43.7 Å². The molecule has 1 N–H and O–H groups in total. The van der Waals surface area contributed by atoms with Gasteiger partial charge in [-0.25, -0.2) is 0 Å². The normalized spacial score (nSPS) is 10.4. The van der Waals surface area contributed by atoms with E-state index >= 15 is 0 Å². The highest BCUT2D eigenvalue weighted by Crippen LogP contribution is 2.17. The molecule has 0 radical (unpaired) electrons. The zero-order chi connectivity index (χ0) is 16.8. The van der Waals surface area contributed by atoms with Crippen molar-refractivity contribution >= 4 is 17.5 Å². The molecule has 1 aromatic carbocycles. The van der Waals surface area contributed by atoms with Gasteiger partial charge in [0.2, 0.25) is 0 Å². The highest BCUT2D eigenvalue weighted by Gasteiger charge is 2.14. The molecule has 0 saturated carbocycles. The molecule has 1 heterocycles. The quantitative estimate of drug-likeness (QED) is 0.826. The van der Waals surface area contributed by atoms with Gasteiger partial charge >= 0.3 is 0 Å². The molecular formula is C17H19ClN2O3.